The Kier molecular flexibility index (Phi) is 3.07. The molecule has 1 N–H and O–H groups in total. The van der Waals surface area contributed by atoms with Crippen LogP contribution in [-0.2, 0) is 11.2 Å². The van der Waals surface area contributed by atoms with Crippen LogP contribution >= 0.6 is 0 Å². The maximum Gasteiger partial charge on any atom is 0.120 e. The SMILES string of the molecule is Cc1cc(O)c(CCC=O)cc1C. The summed E-state index contributed by atoms with van der Waals surface area (Å²) in [5, 5.41) is 9.53. The highest BCUT2D eigenvalue weighted by molar-refractivity contribution is 5.51. The molecule has 0 amide bonds. The number of phenols is 1. The van der Waals surface area contributed by atoms with E-state index in [2.05, 4.69) is 0 Å². The molecule has 0 fully saturated rings. The lowest BCUT2D eigenvalue weighted by molar-refractivity contribution is -0.107. The van der Waals surface area contributed by atoms with E-state index < -0.39 is 0 Å². The van der Waals surface area contributed by atoms with Crippen molar-refractivity contribution in [2.24, 2.45) is 0 Å². The van der Waals surface area contributed by atoms with Crippen molar-refractivity contribution in [1.29, 1.82) is 0 Å². The third kappa shape index (κ3) is 2.31. The minimum absolute atomic E-state index is 0.296. The molecular formula is C11H14O2. The van der Waals surface area contributed by atoms with Crippen LogP contribution in [0.25, 0.3) is 0 Å². The zero-order valence-corrected chi connectivity index (χ0v) is 8.00. The van der Waals surface area contributed by atoms with Crippen molar-refractivity contribution >= 4 is 6.29 Å². The van der Waals surface area contributed by atoms with Gasteiger partial charge in [0.05, 0.1) is 0 Å². The molecule has 0 bridgehead atoms. The third-order valence-corrected chi connectivity index (χ3v) is 2.23. The van der Waals surface area contributed by atoms with Crippen molar-refractivity contribution in [2.75, 3.05) is 0 Å². The number of rotatable bonds is 3. The van der Waals surface area contributed by atoms with E-state index in [9.17, 15) is 9.90 Å². The highest BCUT2D eigenvalue weighted by Gasteiger charge is 2.03. The van der Waals surface area contributed by atoms with Gasteiger partial charge < -0.3 is 9.90 Å². The molecule has 0 saturated heterocycles. The van der Waals surface area contributed by atoms with Crippen molar-refractivity contribution in [2.45, 2.75) is 26.7 Å². The van der Waals surface area contributed by atoms with Crippen molar-refractivity contribution in [1.82, 2.24) is 0 Å². The summed E-state index contributed by atoms with van der Waals surface area (Å²) in [5.41, 5.74) is 3.08. The molecule has 0 unspecified atom stereocenters. The van der Waals surface area contributed by atoms with Crippen LogP contribution in [0.3, 0.4) is 0 Å². The smallest absolute Gasteiger partial charge is 0.120 e. The number of aryl methyl sites for hydroxylation is 3. The lowest BCUT2D eigenvalue weighted by Gasteiger charge is -2.06. The van der Waals surface area contributed by atoms with Gasteiger partial charge in [0.25, 0.3) is 0 Å². The molecule has 1 aromatic rings. The number of carbonyl (C=O) groups is 1. The zero-order chi connectivity index (χ0) is 9.84. The molecule has 0 aliphatic heterocycles. The van der Waals surface area contributed by atoms with Gasteiger partial charge in [0.15, 0.2) is 0 Å². The molecule has 0 aliphatic carbocycles. The van der Waals surface area contributed by atoms with E-state index in [1.807, 2.05) is 19.9 Å². The molecule has 0 aromatic heterocycles. The molecule has 1 rings (SSSR count). The molecule has 0 spiro atoms. The molecule has 0 heterocycles. The molecule has 2 nitrogen and oxygen atoms in total. The average Bonchev–Trinajstić information content (AvgIpc) is 2.09. The fourth-order valence-corrected chi connectivity index (χ4v) is 1.28. The average molecular weight is 178 g/mol. The number of phenolic OH excluding ortho intramolecular Hbond substituents is 1. The fraction of sp³-hybridized carbons (Fsp3) is 0.364. The summed E-state index contributed by atoms with van der Waals surface area (Å²) >= 11 is 0. The van der Waals surface area contributed by atoms with Crippen molar-refractivity contribution in [3.63, 3.8) is 0 Å². The maximum absolute atomic E-state index is 10.2. The van der Waals surface area contributed by atoms with Gasteiger partial charge in [0, 0.05) is 6.42 Å². The van der Waals surface area contributed by atoms with Gasteiger partial charge in [-0.05, 0) is 43.0 Å². The van der Waals surface area contributed by atoms with E-state index in [-0.39, 0.29) is 0 Å². The Hall–Kier alpha value is -1.31. The van der Waals surface area contributed by atoms with E-state index in [0.29, 0.717) is 18.6 Å². The molecule has 70 valence electrons. The Bertz CT molecular complexity index is 316. The molecule has 0 aliphatic rings. The van der Waals surface area contributed by atoms with Gasteiger partial charge in [-0.3, -0.25) is 0 Å². The van der Waals surface area contributed by atoms with Gasteiger partial charge in [-0.15, -0.1) is 0 Å². The Morgan fingerprint density at radius 2 is 1.92 bits per heavy atom. The number of hydrogen-bond acceptors (Lipinski definition) is 2. The minimum atomic E-state index is 0.296. The molecule has 0 saturated carbocycles. The summed E-state index contributed by atoms with van der Waals surface area (Å²) < 4.78 is 0. The van der Waals surface area contributed by atoms with Crippen LogP contribution in [0.5, 0.6) is 5.75 Å². The normalized spacial score (nSPS) is 10.0. The van der Waals surface area contributed by atoms with Crippen LogP contribution in [-0.4, -0.2) is 11.4 Å². The van der Waals surface area contributed by atoms with E-state index in [4.69, 9.17) is 0 Å². The van der Waals surface area contributed by atoms with Gasteiger partial charge in [0.2, 0.25) is 0 Å². The standard InChI is InChI=1S/C11H14O2/c1-8-6-10(4-3-5-12)11(13)7-9(8)2/h5-7,13H,3-4H2,1-2H3. The monoisotopic (exact) mass is 178 g/mol. The fourth-order valence-electron chi connectivity index (χ4n) is 1.28. The highest BCUT2D eigenvalue weighted by Crippen LogP contribution is 2.22. The van der Waals surface area contributed by atoms with E-state index in [1.54, 1.807) is 6.07 Å². The lowest BCUT2D eigenvalue weighted by atomic mass is 10.0. The Morgan fingerprint density at radius 1 is 1.31 bits per heavy atom. The van der Waals surface area contributed by atoms with Crippen LogP contribution in [0.2, 0.25) is 0 Å². The predicted octanol–water partition coefficient (Wildman–Crippen LogP) is 2.14. The summed E-state index contributed by atoms with van der Waals surface area (Å²) in [6, 6.07) is 3.68. The van der Waals surface area contributed by atoms with Gasteiger partial charge in [-0.25, -0.2) is 0 Å². The second-order valence-electron chi connectivity index (χ2n) is 3.27. The molecular weight excluding hydrogens is 164 g/mol. The lowest BCUT2D eigenvalue weighted by Crippen LogP contribution is -1.90. The van der Waals surface area contributed by atoms with E-state index >= 15 is 0 Å². The summed E-state index contributed by atoms with van der Waals surface area (Å²) in [6.45, 7) is 3.96. The summed E-state index contributed by atoms with van der Waals surface area (Å²) in [5.74, 6) is 0.296. The van der Waals surface area contributed by atoms with Gasteiger partial charge >= 0.3 is 0 Å². The number of hydrogen-bond donors (Lipinski definition) is 1. The minimum Gasteiger partial charge on any atom is -0.508 e. The molecule has 0 atom stereocenters. The zero-order valence-electron chi connectivity index (χ0n) is 8.00. The third-order valence-electron chi connectivity index (χ3n) is 2.23. The summed E-state index contributed by atoms with van der Waals surface area (Å²) in [7, 11) is 0. The molecule has 2 heteroatoms. The first-order chi connectivity index (χ1) is 6.15. The first-order valence-electron chi connectivity index (χ1n) is 4.38. The number of benzene rings is 1. The quantitative estimate of drug-likeness (QED) is 0.720. The van der Waals surface area contributed by atoms with Gasteiger partial charge in [-0.2, -0.15) is 0 Å². The Morgan fingerprint density at radius 3 is 2.54 bits per heavy atom. The van der Waals surface area contributed by atoms with Crippen LogP contribution in [0, 0.1) is 13.8 Å². The van der Waals surface area contributed by atoms with Crippen molar-refractivity contribution in [3.05, 3.63) is 28.8 Å². The molecule has 0 radical (unpaired) electrons. The number of aromatic hydroxyl groups is 1. The Balaban J connectivity index is 2.94. The second-order valence-corrected chi connectivity index (χ2v) is 3.27. The van der Waals surface area contributed by atoms with Gasteiger partial charge in [0.1, 0.15) is 12.0 Å². The highest BCUT2D eigenvalue weighted by atomic mass is 16.3. The van der Waals surface area contributed by atoms with Crippen LogP contribution in [0.15, 0.2) is 12.1 Å². The van der Waals surface area contributed by atoms with Crippen LogP contribution in [0.1, 0.15) is 23.1 Å². The number of aldehydes is 1. The van der Waals surface area contributed by atoms with Crippen LogP contribution in [0.4, 0.5) is 0 Å². The largest absolute Gasteiger partial charge is 0.508 e. The predicted molar refractivity (Wildman–Crippen MR) is 52.0 cm³/mol. The first kappa shape index (κ1) is 9.78. The van der Waals surface area contributed by atoms with E-state index in [0.717, 1.165) is 23.0 Å². The maximum atomic E-state index is 10.2. The molecule has 1 aromatic carbocycles. The number of carbonyl (C=O) groups excluding carboxylic acids is 1. The second kappa shape index (κ2) is 4.08. The Labute approximate surface area is 78.2 Å². The summed E-state index contributed by atoms with van der Waals surface area (Å²) in [4.78, 5) is 10.2. The van der Waals surface area contributed by atoms with Crippen LogP contribution < -0.4 is 0 Å². The first-order valence-corrected chi connectivity index (χ1v) is 4.38. The van der Waals surface area contributed by atoms with Gasteiger partial charge in [-0.1, -0.05) is 6.07 Å². The molecule has 13 heavy (non-hydrogen) atoms. The van der Waals surface area contributed by atoms with Crippen molar-refractivity contribution in [3.8, 4) is 5.75 Å². The van der Waals surface area contributed by atoms with E-state index in [1.165, 1.54) is 0 Å². The summed E-state index contributed by atoms with van der Waals surface area (Å²) in [6.07, 6.45) is 1.96. The topological polar surface area (TPSA) is 37.3 Å². The van der Waals surface area contributed by atoms with Crippen molar-refractivity contribution < 1.29 is 9.90 Å².